The molecule has 1 aliphatic heterocycles. The van der Waals surface area contributed by atoms with E-state index in [2.05, 4.69) is 4.98 Å². The molecule has 0 radical (unpaired) electrons. The fourth-order valence-corrected chi connectivity index (χ4v) is 2.45. The van der Waals surface area contributed by atoms with Crippen LogP contribution in [0.2, 0.25) is 0 Å². The molecule has 0 bridgehead atoms. The molecule has 1 saturated heterocycles. The average Bonchev–Trinajstić information content (AvgIpc) is 2.83. The zero-order valence-corrected chi connectivity index (χ0v) is 10.3. The van der Waals surface area contributed by atoms with Crippen molar-refractivity contribution in [1.82, 2.24) is 9.55 Å². The molecule has 0 aliphatic carbocycles. The van der Waals surface area contributed by atoms with E-state index in [9.17, 15) is 0 Å². The summed E-state index contributed by atoms with van der Waals surface area (Å²) in [5.41, 5.74) is 0. The lowest BCUT2D eigenvalue weighted by Gasteiger charge is -2.21. The van der Waals surface area contributed by atoms with Crippen molar-refractivity contribution in [3.63, 3.8) is 0 Å². The molecule has 0 saturated carbocycles. The van der Waals surface area contributed by atoms with Crippen LogP contribution in [0.3, 0.4) is 0 Å². The highest BCUT2D eigenvalue weighted by atomic mass is 16.5. The van der Waals surface area contributed by atoms with Gasteiger partial charge < -0.3 is 14.4 Å². The van der Waals surface area contributed by atoms with Gasteiger partial charge in [-0.2, -0.15) is 0 Å². The number of rotatable bonds is 6. The molecule has 4 heteroatoms. The van der Waals surface area contributed by atoms with E-state index in [1.807, 2.05) is 10.8 Å². The maximum absolute atomic E-state index is 9.07. The molecule has 0 spiro atoms. The summed E-state index contributed by atoms with van der Waals surface area (Å²) in [4.78, 5) is 4.10. The van der Waals surface area contributed by atoms with Gasteiger partial charge in [0.25, 0.3) is 0 Å². The number of unbranched alkanes of at least 4 members (excludes halogenated alkanes) is 1. The van der Waals surface area contributed by atoms with Crippen molar-refractivity contribution in [1.29, 1.82) is 0 Å². The van der Waals surface area contributed by atoms with Crippen LogP contribution in [0.15, 0.2) is 12.4 Å². The summed E-state index contributed by atoms with van der Waals surface area (Å²) in [6, 6.07) is 0. The van der Waals surface area contributed by atoms with Crippen molar-refractivity contribution in [2.75, 3.05) is 13.2 Å². The van der Waals surface area contributed by atoms with E-state index in [1.165, 1.54) is 32.1 Å². The Morgan fingerprint density at radius 1 is 1.35 bits per heavy atom. The Morgan fingerprint density at radius 3 is 2.94 bits per heavy atom. The van der Waals surface area contributed by atoms with E-state index in [4.69, 9.17) is 9.84 Å². The predicted molar refractivity (Wildman–Crippen MR) is 65.5 cm³/mol. The van der Waals surface area contributed by atoms with Gasteiger partial charge >= 0.3 is 0 Å². The summed E-state index contributed by atoms with van der Waals surface area (Å²) in [6.45, 7) is 2.90. The normalized spacial score (nSPS) is 17.5. The molecule has 96 valence electrons. The van der Waals surface area contributed by atoms with Gasteiger partial charge in [0.15, 0.2) is 0 Å². The minimum atomic E-state index is 0.0347. The molecule has 1 N–H and O–H groups in total. The zero-order valence-electron chi connectivity index (χ0n) is 10.3. The molecule has 4 nitrogen and oxygen atoms in total. The molecule has 1 aromatic rings. The standard InChI is InChI=1S/C13H22N2O2/c16-11-13-14-6-8-15(13)7-2-1-3-12-4-9-17-10-5-12/h6,8,12,16H,1-5,7,9-11H2. The molecule has 17 heavy (non-hydrogen) atoms. The van der Waals surface area contributed by atoms with Crippen LogP contribution >= 0.6 is 0 Å². The maximum atomic E-state index is 9.07. The lowest BCUT2D eigenvalue weighted by Crippen LogP contribution is -2.15. The van der Waals surface area contributed by atoms with Crippen molar-refractivity contribution in [2.24, 2.45) is 5.92 Å². The Hall–Kier alpha value is -0.870. The third-order valence-electron chi connectivity index (χ3n) is 3.55. The van der Waals surface area contributed by atoms with Gasteiger partial charge in [0.2, 0.25) is 0 Å². The Bertz CT molecular complexity index is 319. The van der Waals surface area contributed by atoms with Crippen LogP contribution in [-0.4, -0.2) is 27.9 Å². The fourth-order valence-electron chi connectivity index (χ4n) is 2.45. The van der Waals surface area contributed by atoms with Crippen molar-refractivity contribution in [3.8, 4) is 0 Å². The van der Waals surface area contributed by atoms with Gasteiger partial charge in [0, 0.05) is 32.2 Å². The van der Waals surface area contributed by atoms with E-state index >= 15 is 0 Å². The Morgan fingerprint density at radius 2 is 2.18 bits per heavy atom. The second-order valence-corrected chi connectivity index (χ2v) is 4.75. The van der Waals surface area contributed by atoms with Crippen LogP contribution < -0.4 is 0 Å². The summed E-state index contributed by atoms with van der Waals surface area (Å²) >= 11 is 0. The van der Waals surface area contributed by atoms with Gasteiger partial charge in [-0.05, 0) is 25.2 Å². The summed E-state index contributed by atoms with van der Waals surface area (Å²) in [7, 11) is 0. The monoisotopic (exact) mass is 238 g/mol. The molecular formula is C13H22N2O2. The summed E-state index contributed by atoms with van der Waals surface area (Å²) in [5.74, 6) is 1.64. The Balaban J connectivity index is 1.62. The first-order chi connectivity index (χ1) is 8.40. The van der Waals surface area contributed by atoms with Gasteiger partial charge in [0.1, 0.15) is 12.4 Å². The van der Waals surface area contributed by atoms with Gasteiger partial charge in [0.05, 0.1) is 0 Å². The molecule has 2 heterocycles. The number of aliphatic hydroxyl groups is 1. The topological polar surface area (TPSA) is 47.3 Å². The minimum absolute atomic E-state index is 0.0347. The Kier molecular flexibility index (Phi) is 5.01. The van der Waals surface area contributed by atoms with Crippen LogP contribution in [0.4, 0.5) is 0 Å². The Labute approximate surface area is 103 Å². The molecule has 0 atom stereocenters. The number of aromatic nitrogens is 2. The highest BCUT2D eigenvalue weighted by molar-refractivity contribution is 4.89. The van der Waals surface area contributed by atoms with E-state index in [0.717, 1.165) is 31.5 Å². The van der Waals surface area contributed by atoms with E-state index in [-0.39, 0.29) is 6.61 Å². The highest BCUT2D eigenvalue weighted by Crippen LogP contribution is 2.20. The van der Waals surface area contributed by atoms with Crippen molar-refractivity contribution in [2.45, 2.75) is 45.3 Å². The van der Waals surface area contributed by atoms with Crippen LogP contribution in [0.5, 0.6) is 0 Å². The number of aryl methyl sites for hydroxylation is 1. The number of nitrogens with zero attached hydrogens (tertiary/aromatic N) is 2. The predicted octanol–water partition coefficient (Wildman–Crippen LogP) is 1.97. The molecule has 0 unspecified atom stereocenters. The van der Waals surface area contributed by atoms with Crippen molar-refractivity contribution >= 4 is 0 Å². The van der Waals surface area contributed by atoms with Crippen LogP contribution in [0.1, 0.15) is 37.9 Å². The van der Waals surface area contributed by atoms with E-state index in [0.29, 0.717) is 0 Å². The number of ether oxygens (including phenoxy) is 1. The molecule has 0 aromatic carbocycles. The van der Waals surface area contributed by atoms with Crippen LogP contribution in [0, 0.1) is 5.92 Å². The SMILES string of the molecule is OCc1nccn1CCCCC1CCOCC1. The van der Waals surface area contributed by atoms with Crippen LogP contribution in [0.25, 0.3) is 0 Å². The summed E-state index contributed by atoms with van der Waals surface area (Å²) in [5, 5.41) is 9.07. The third-order valence-corrected chi connectivity index (χ3v) is 3.55. The van der Waals surface area contributed by atoms with E-state index < -0.39 is 0 Å². The number of hydrogen-bond donors (Lipinski definition) is 1. The third kappa shape index (κ3) is 3.82. The lowest BCUT2D eigenvalue weighted by atomic mass is 9.94. The zero-order chi connectivity index (χ0) is 11.9. The highest BCUT2D eigenvalue weighted by Gasteiger charge is 2.12. The largest absolute Gasteiger partial charge is 0.388 e. The second kappa shape index (κ2) is 6.77. The second-order valence-electron chi connectivity index (χ2n) is 4.75. The average molecular weight is 238 g/mol. The molecule has 1 fully saturated rings. The molecule has 1 aliphatic rings. The first-order valence-electron chi connectivity index (χ1n) is 6.59. The van der Waals surface area contributed by atoms with Gasteiger partial charge in [-0.1, -0.05) is 12.8 Å². The van der Waals surface area contributed by atoms with Crippen LogP contribution in [-0.2, 0) is 17.9 Å². The number of hydrogen-bond acceptors (Lipinski definition) is 3. The molecule has 2 rings (SSSR count). The lowest BCUT2D eigenvalue weighted by molar-refractivity contribution is 0.0630. The summed E-state index contributed by atoms with van der Waals surface area (Å²) < 4.78 is 7.40. The molecular weight excluding hydrogens is 216 g/mol. The molecule has 1 aromatic heterocycles. The van der Waals surface area contributed by atoms with Gasteiger partial charge in [-0.15, -0.1) is 0 Å². The first kappa shape index (κ1) is 12.6. The van der Waals surface area contributed by atoms with E-state index in [1.54, 1.807) is 6.20 Å². The molecule has 0 amide bonds. The number of imidazole rings is 1. The van der Waals surface area contributed by atoms with Crippen molar-refractivity contribution in [3.05, 3.63) is 18.2 Å². The van der Waals surface area contributed by atoms with Gasteiger partial charge in [-0.3, -0.25) is 0 Å². The first-order valence-corrected chi connectivity index (χ1v) is 6.59. The smallest absolute Gasteiger partial charge is 0.134 e. The fraction of sp³-hybridized carbons (Fsp3) is 0.769. The minimum Gasteiger partial charge on any atom is -0.388 e. The van der Waals surface area contributed by atoms with Gasteiger partial charge in [-0.25, -0.2) is 4.98 Å². The maximum Gasteiger partial charge on any atom is 0.134 e. The number of aliphatic hydroxyl groups excluding tert-OH is 1. The van der Waals surface area contributed by atoms with Crippen molar-refractivity contribution < 1.29 is 9.84 Å². The quantitative estimate of drug-likeness (QED) is 0.771. The summed E-state index contributed by atoms with van der Waals surface area (Å²) in [6.07, 6.45) is 9.89.